The van der Waals surface area contributed by atoms with Crippen molar-refractivity contribution in [2.75, 3.05) is 32.8 Å². The summed E-state index contributed by atoms with van der Waals surface area (Å²) in [6.45, 7) is 11.1. The Labute approximate surface area is 218 Å². The van der Waals surface area contributed by atoms with E-state index in [1.165, 1.54) is 4.90 Å². The lowest BCUT2D eigenvalue weighted by atomic mass is 9.72. The van der Waals surface area contributed by atoms with Crippen molar-refractivity contribution in [3.63, 3.8) is 0 Å². The summed E-state index contributed by atoms with van der Waals surface area (Å²) in [6.07, 6.45) is 2.50. The van der Waals surface area contributed by atoms with Gasteiger partial charge in [0.25, 0.3) is 0 Å². The molecule has 0 unspecified atom stereocenters. The second-order valence-corrected chi connectivity index (χ2v) is 11.6. The Hall–Kier alpha value is -2.94. The van der Waals surface area contributed by atoms with Crippen LogP contribution in [-0.2, 0) is 14.3 Å². The number of nitrogens with zero attached hydrogens (tertiary/aromatic N) is 5. The number of nitrogens with two attached hydrogens (primary N) is 1. The fourth-order valence-corrected chi connectivity index (χ4v) is 6.27. The number of rotatable bonds is 7. The monoisotopic (exact) mass is 510 g/mol. The normalized spacial score (nSPS) is 25.6. The summed E-state index contributed by atoms with van der Waals surface area (Å²) in [4.78, 5) is 46.3. The number of piperidine rings is 1. The smallest absolute Gasteiger partial charge is 0.249 e. The molecule has 3 aliphatic heterocycles. The van der Waals surface area contributed by atoms with Gasteiger partial charge >= 0.3 is 0 Å². The van der Waals surface area contributed by atoms with E-state index in [0.29, 0.717) is 17.0 Å². The Morgan fingerprint density at radius 2 is 1.97 bits per heavy atom. The number of fused-ring (bicyclic) bond motifs is 1. The number of primary amides is 1. The van der Waals surface area contributed by atoms with E-state index in [2.05, 4.69) is 21.8 Å². The van der Waals surface area contributed by atoms with Crippen LogP contribution in [-0.4, -0.2) is 78.4 Å². The van der Waals surface area contributed by atoms with Gasteiger partial charge in [0.1, 0.15) is 12.6 Å². The first-order valence-corrected chi connectivity index (χ1v) is 13.2. The summed E-state index contributed by atoms with van der Waals surface area (Å²) in [5.74, 6) is -1.47. The molecule has 1 aromatic carbocycles. The summed E-state index contributed by atoms with van der Waals surface area (Å²) in [5, 5.41) is 3.80. The molecule has 3 aliphatic rings. The molecule has 3 fully saturated rings. The molecule has 3 saturated heterocycles. The number of ether oxygens (including phenoxy) is 1. The van der Waals surface area contributed by atoms with Crippen LogP contribution in [0.3, 0.4) is 0 Å². The fourth-order valence-electron chi connectivity index (χ4n) is 6.27. The lowest BCUT2D eigenvalue weighted by molar-refractivity contribution is -0.139. The number of likely N-dealkylation sites (tertiary alicyclic amines) is 2. The lowest BCUT2D eigenvalue weighted by Crippen LogP contribution is -2.47. The van der Waals surface area contributed by atoms with E-state index in [-0.39, 0.29) is 24.8 Å². The zero-order chi connectivity index (χ0) is 26.9. The fraction of sp³-hybridized carbons (Fsp3) is 0.667. The maximum absolute atomic E-state index is 14.2. The molecule has 4 atom stereocenters. The third-order valence-electron chi connectivity index (χ3n) is 8.00. The van der Waals surface area contributed by atoms with Crippen LogP contribution >= 0.6 is 0 Å². The predicted octanol–water partition coefficient (Wildman–Crippen LogP) is 3.36. The number of ketones is 1. The van der Waals surface area contributed by atoms with Crippen LogP contribution in [0.1, 0.15) is 80.3 Å². The summed E-state index contributed by atoms with van der Waals surface area (Å²) >= 11 is 0. The molecular formula is C27H38N6O4. The Kier molecular flexibility index (Phi) is 7.92. The van der Waals surface area contributed by atoms with E-state index < -0.39 is 35.4 Å². The van der Waals surface area contributed by atoms with Gasteiger partial charge in [-0.2, -0.15) is 0 Å². The van der Waals surface area contributed by atoms with Gasteiger partial charge in [0.05, 0.1) is 18.1 Å². The van der Waals surface area contributed by atoms with Crippen molar-refractivity contribution in [2.24, 2.45) is 16.3 Å². The van der Waals surface area contributed by atoms with Crippen molar-refractivity contribution < 1.29 is 19.1 Å². The molecule has 4 rings (SSSR count). The first kappa shape index (κ1) is 27.1. The topological polar surface area (TPSA) is 142 Å². The zero-order valence-electron chi connectivity index (χ0n) is 22.2. The lowest BCUT2D eigenvalue weighted by Gasteiger charge is -2.36. The molecule has 200 valence electrons. The van der Waals surface area contributed by atoms with Gasteiger partial charge in [-0.15, -0.1) is 0 Å². The quantitative estimate of drug-likeness (QED) is 0.340. The number of Topliss-reactive ketones (excluding diaryl/α,β-unsaturated/α-hetero) is 1. The Bertz CT molecular complexity index is 1100. The van der Waals surface area contributed by atoms with Crippen LogP contribution in [0, 0.1) is 5.41 Å². The number of azide groups is 1. The zero-order valence-corrected chi connectivity index (χ0v) is 22.2. The van der Waals surface area contributed by atoms with Gasteiger partial charge in [-0.25, -0.2) is 0 Å². The van der Waals surface area contributed by atoms with Crippen LogP contribution in [0.4, 0.5) is 0 Å². The maximum atomic E-state index is 14.2. The third-order valence-corrected chi connectivity index (χ3v) is 8.00. The van der Waals surface area contributed by atoms with Gasteiger partial charge in [0.2, 0.25) is 11.8 Å². The van der Waals surface area contributed by atoms with Crippen LogP contribution in [0.2, 0.25) is 0 Å². The number of amides is 2. The molecule has 1 aromatic rings. The number of hydrogen-bond donors (Lipinski definition) is 1. The van der Waals surface area contributed by atoms with Crippen LogP contribution in [0.25, 0.3) is 10.4 Å². The summed E-state index contributed by atoms with van der Waals surface area (Å²) in [7, 11) is 0. The number of hydrogen-bond acceptors (Lipinski definition) is 6. The van der Waals surface area contributed by atoms with E-state index in [1.54, 1.807) is 6.07 Å². The van der Waals surface area contributed by atoms with E-state index in [4.69, 9.17) is 16.0 Å². The molecule has 37 heavy (non-hydrogen) atoms. The highest BCUT2D eigenvalue weighted by Gasteiger charge is 2.54. The highest BCUT2D eigenvalue weighted by atomic mass is 16.5. The molecule has 2 N–H and O–H groups in total. The van der Waals surface area contributed by atoms with Crippen molar-refractivity contribution in [2.45, 2.75) is 77.0 Å². The minimum absolute atomic E-state index is 0.0953. The first-order valence-electron chi connectivity index (χ1n) is 13.2. The van der Waals surface area contributed by atoms with Gasteiger partial charge in [-0.05, 0) is 73.0 Å². The molecule has 0 aromatic heterocycles. The molecule has 0 spiro atoms. The predicted molar refractivity (Wildman–Crippen MR) is 139 cm³/mol. The van der Waals surface area contributed by atoms with E-state index in [0.717, 1.165) is 44.5 Å². The minimum atomic E-state index is -0.795. The van der Waals surface area contributed by atoms with Crippen molar-refractivity contribution in [3.05, 3.63) is 45.3 Å². The third kappa shape index (κ3) is 5.37. The van der Waals surface area contributed by atoms with Gasteiger partial charge in [0, 0.05) is 17.0 Å². The highest BCUT2D eigenvalue weighted by molar-refractivity contribution is 5.99. The van der Waals surface area contributed by atoms with Gasteiger partial charge in [-0.1, -0.05) is 44.9 Å². The molecule has 0 aliphatic carbocycles. The van der Waals surface area contributed by atoms with Crippen LogP contribution in [0.15, 0.2) is 23.3 Å². The summed E-state index contributed by atoms with van der Waals surface area (Å²) in [5.41, 5.74) is 16.2. The molecule has 0 saturated carbocycles. The minimum Gasteiger partial charge on any atom is -0.367 e. The average molecular weight is 511 g/mol. The van der Waals surface area contributed by atoms with E-state index in [1.807, 2.05) is 32.9 Å². The van der Waals surface area contributed by atoms with Crippen molar-refractivity contribution in [1.29, 1.82) is 0 Å². The molecule has 10 nitrogen and oxygen atoms in total. The summed E-state index contributed by atoms with van der Waals surface area (Å²) in [6, 6.07) is 4.26. The van der Waals surface area contributed by atoms with Crippen molar-refractivity contribution in [1.82, 2.24) is 9.80 Å². The van der Waals surface area contributed by atoms with Crippen LogP contribution < -0.4 is 5.73 Å². The van der Waals surface area contributed by atoms with Crippen LogP contribution in [0.5, 0.6) is 0 Å². The maximum Gasteiger partial charge on any atom is 0.249 e. The van der Waals surface area contributed by atoms with Gasteiger partial charge < -0.3 is 20.3 Å². The van der Waals surface area contributed by atoms with Crippen molar-refractivity contribution in [3.8, 4) is 0 Å². The second kappa shape index (κ2) is 10.8. The summed E-state index contributed by atoms with van der Waals surface area (Å²) < 4.78 is 5.61. The molecular weight excluding hydrogens is 472 g/mol. The largest absolute Gasteiger partial charge is 0.367 e. The second-order valence-electron chi connectivity index (χ2n) is 11.6. The first-order chi connectivity index (χ1) is 17.6. The molecule has 0 radical (unpaired) electrons. The van der Waals surface area contributed by atoms with E-state index >= 15 is 0 Å². The van der Waals surface area contributed by atoms with Crippen molar-refractivity contribution >= 4 is 17.6 Å². The Balaban J connectivity index is 1.71. The average Bonchev–Trinajstić information content (AvgIpc) is 3.40. The highest BCUT2D eigenvalue weighted by Crippen LogP contribution is 2.42. The SMILES string of the molecule is CCCN1CCC(c2ccc(C(N)=O)c([C@@H](C(=O)N3C[C@@H](N=[N+]=[N-])[C@H]4OCC(=O)[C@H]43)C(C)(C)C)c2)CC1. The standard InChI is InChI=1S/C27H38N6O4/c1-5-10-32-11-8-16(9-12-32)17-6-7-18(25(28)35)19(13-17)22(27(2,3)4)26(36)33-14-20(30-31-29)24-23(33)21(34)15-37-24/h6-7,13,16,20,22-24H,5,8-12,14-15H2,1-4H3,(H2,28,35)/t20-,22+,23-,24-/m1/s1. The molecule has 10 heteroatoms. The van der Waals surface area contributed by atoms with Gasteiger partial charge in [-0.3, -0.25) is 14.4 Å². The molecule has 3 heterocycles. The number of carbonyl (C=O) groups excluding carboxylic acids is 3. The van der Waals surface area contributed by atoms with E-state index in [9.17, 15) is 14.4 Å². The Morgan fingerprint density at radius 3 is 2.57 bits per heavy atom. The number of benzene rings is 1. The Morgan fingerprint density at radius 1 is 1.27 bits per heavy atom. The number of carbonyl (C=O) groups is 3. The molecule has 0 bridgehead atoms. The molecule has 2 amide bonds. The van der Waals surface area contributed by atoms with Gasteiger partial charge in [0.15, 0.2) is 5.78 Å².